The minimum atomic E-state index is -0.902. The summed E-state index contributed by atoms with van der Waals surface area (Å²) in [6.07, 6.45) is 1.46. The molecule has 1 saturated heterocycles. The van der Waals surface area contributed by atoms with E-state index < -0.39 is 6.09 Å². The van der Waals surface area contributed by atoms with Crippen molar-refractivity contribution < 1.29 is 14.6 Å². The fraction of sp³-hybridized carbons (Fsp3) is 0.417. The molecule has 0 aliphatic carbocycles. The van der Waals surface area contributed by atoms with Crippen molar-refractivity contribution in [1.82, 2.24) is 4.90 Å². The maximum Gasteiger partial charge on any atom is 0.410 e. The van der Waals surface area contributed by atoms with E-state index in [1.54, 1.807) is 0 Å². The molecule has 2 rings (SSSR count). The van der Waals surface area contributed by atoms with E-state index >= 15 is 0 Å². The first-order chi connectivity index (χ1) is 7.77. The van der Waals surface area contributed by atoms with Crippen molar-refractivity contribution in [3.63, 3.8) is 0 Å². The molecule has 1 amide bonds. The molecule has 1 heterocycles. The monoisotopic (exact) mass is 221 g/mol. The van der Waals surface area contributed by atoms with Crippen LogP contribution < -0.4 is 4.74 Å². The molecule has 1 aliphatic heterocycles. The summed E-state index contributed by atoms with van der Waals surface area (Å²) < 4.78 is 5.67. The molecule has 1 unspecified atom stereocenters. The molecule has 1 atom stereocenters. The molecule has 0 radical (unpaired) electrons. The number of hydrogen-bond acceptors (Lipinski definition) is 2. The van der Waals surface area contributed by atoms with Gasteiger partial charge >= 0.3 is 6.09 Å². The number of amides is 1. The Morgan fingerprint density at radius 1 is 1.31 bits per heavy atom. The van der Waals surface area contributed by atoms with Crippen molar-refractivity contribution in [2.45, 2.75) is 25.5 Å². The first-order valence-electron chi connectivity index (χ1n) is 5.48. The fourth-order valence-electron chi connectivity index (χ4n) is 1.90. The number of carboxylic acid groups (broad SMARTS) is 1. The topological polar surface area (TPSA) is 49.8 Å². The third kappa shape index (κ3) is 2.45. The zero-order chi connectivity index (χ0) is 11.4. The highest BCUT2D eigenvalue weighted by Crippen LogP contribution is 2.21. The first-order valence-corrected chi connectivity index (χ1v) is 5.48. The third-order valence-corrected chi connectivity index (χ3v) is 2.71. The maximum absolute atomic E-state index is 11.0. The van der Waals surface area contributed by atoms with Crippen LogP contribution in [0.15, 0.2) is 30.3 Å². The average molecular weight is 221 g/mol. The number of nitrogens with zero attached hydrogens (tertiary/aromatic N) is 1. The normalized spacial score (nSPS) is 20.5. The van der Waals surface area contributed by atoms with E-state index in [0.717, 1.165) is 25.0 Å². The van der Waals surface area contributed by atoms with Gasteiger partial charge in [0.15, 0.2) is 6.23 Å². The highest BCUT2D eigenvalue weighted by atomic mass is 16.5. The van der Waals surface area contributed by atoms with Crippen molar-refractivity contribution in [2.24, 2.45) is 0 Å². The van der Waals surface area contributed by atoms with Crippen LogP contribution in [0.4, 0.5) is 4.79 Å². The van der Waals surface area contributed by atoms with E-state index in [0.29, 0.717) is 6.54 Å². The number of likely N-dealkylation sites (tertiary alicyclic amines) is 1. The molecular weight excluding hydrogens is 206 g/mol. The van der Waals surface area contributed by atoms with E-state index in [1.807, 2.05) is 30.3 Å². The molecular formula is C12H15NO3. The molecule has 0 spiro atoms. The summed E-state index contributed by atoms with van der Waals surface area (Å²) >= 11 is 0. The number of benzene rings is 1. The lowest BCUT2D eigenvalue weighted by Crippen LogP contribution is -2.46. The van der Waals surface area contributed by atoms with Gasteiger partial charge in [-0.25, -0.2) is 4.79 Å². The summed E-state index contributed by atoms with van der Waals surface area (Å²) in [5.74, 6) is 0.723. The number of rotatable bonds is 2. The second-order valence-electron chi connectivity index (χ2n) is 3.86. The Morgan fingerprint density at radius 3 is 2.75 bits per heavy atom. The molecule has 1 N–H and O–H groups in total. The van der Waals surface area contributed by atoms with Crippen LogP contribution >= 0.6 is 0 Å². The molecule has 4 nitrogen and oxygen atoms in total. The Hall–Kier alpha value is -1.71. The highest BCUT2D eigenvalue weighted by molar-refractivity contribution is 5.65. The quantitative estimate of drug-likeness (QED) is 0.834. The van der Waals surface area contributed by atoms with E-state index in [4.69, 9.17) is 9.84 Å². The Labute approximate surface area is 94.4 Å². The zero-order valence-corrected chi connectivity index (χ0v) is 9.00. The lowest BCUT2D eigenvalue weighted by molar-refractivity contribution is 0.00599. The molecule has 1 aromatic carbocycles. The Balaban J connectivity index is 2.04. The molecule has 1 aromatic rings. The van der Waals surface area contributed by atoms with Crippen molar-refractivity contribution in [1.29, 1.82) is 0 Å². The predicted molar refractivity (Wildman–Crippen MR) is 59.4 cm³/mol. The Morgan fingerprint density at radius 2 is 2.06 bits per heavy atom. The molecule has 1 fully saturated rings. The fourth-order valence-corrected chi connectivity index (χ4v) is 1.90. The van der Waals surface area contributed by atoms with Gasteiger partial charge in [-0.1, -0.05) is 18.2 Å². The number of para-hydroxylation sites is 1. The largest absolute Gasteiger partial charge is 0.470 e. The lowest BCUT2D eigenvalue weighted by Gasteiger charge is -2.33. The molecule has 0 bridgehead atoms. The van der Waals surface area contributed by atoms with Gasteiger partial charge in [0.2, 0.25) is 0 Å². The van der Waals surface area contributed by atoms with Gasteiger partial charge < -0.3 is 9.84 Å². The average Bonchev–Trinajstić information content (AvgIpc) is 2.31. The van der Waals surface area contributed by atoms with Crippen LogP contribution in [0.1, 0.15) is 19.3 Å². The summed E-state index contributed by atoms with van der Waals surface area (Å²) in [6, 6.07) is 9.35. The van der Waals surface area contributed by atoms with Gasteiger partial charge in [-0.2, -0.15) is 0 Å². The molecule has 0 saturated carbocycles. The molecule has 1 aliphatic rings. The number of hydrogen-bond donors (Lipinski definition) is 1. The molecule has 16 heavy (non-hydrogen) atoms. The van der Waals surface area contributed by atoms with Crippen molar-refractivity contribution in [3.05, 3.63) is 30.3 Å². The van der Waals surface area contributed by atoms with E-state index in [1.165, 1.54) is 4.90 Å². The van der Waals surface area contributed by atoms with Gasteiger partial charge in [0.25, 0.3) is 0 Å². The van der Waals surface area contributed by atoms with Crippen LogP contribution in [-0.2, 0) is 0 Å². The maximum atomic E-state index is 11.0. The number of piperidine rings is 1. The van der Waals surface area contributed by atoms with Crippen molar-refractivity contribution in [3.8, 4) is 5.75 Å². The van der Waals surface area contributed by atoms with Gasteiger partial charge in [0, 0.05) is 13.0 Å². The summed E-state index contributed by atoms with van der Waals surface area (Å²) in [6.45, 7) is 0.562. The summed E-state index contributed by atoms with van der Waals surface area (Å²) in [5, 5.41) is 9.03. The second kappa shape index (κ2) is 4.88. The second-order valence-corrected chi connectivity index (χ2v) is 3.86. The van der Waals surface area contributed by atoms with E-state index in [9.17, 15) is 4.79 Å². The van der Waals surface area contributed by atoms with Crippen LogP contribution in [0.2, 0.25) is 0 Å². The highest BCUT2D eigenvalue weighted by Gasteiger charge is 2.27. The van der Waals surface area contributed by atoms with Gasteiger partial charge in [-0.05, 0) is 25.0 Å². The smallest absolute Gasteiger partial charge is 0.410 e. The molecule has 0 aromatic heterocycles. The summed E-state index contributed by atoms with van der Waals surface area (Å²) in [5.41, 5.74) is 0. The van der Waals surface area contributed by atoms with Gasteiger partial charge in [0.1, 0.15) is 5.75 Å². The SMILES string of the molecule is O=C(O)N1CCCCC1Oc1ccccc1. The van der Waals surface area contributed by atoms with Gasteiger partial charge in [-0.15, -0.1) is 0 Å². The van der Waals surface area contributed by atoms with Crippen LogP contribution in [0, 0.1) is 0 Å². The van der Waals surface area contributed by atoms with Gasteiger partial charge in [-0.3, -0.25) is 4.90 Å². The van der Waals surface area contributed by atoms with E-state index in [-0.39, 0.29) is 6.23 Å². The summed E-state index contributed by atoms with van der Waals surface area (Å²) in [4.78, 5) is 12.4. The Bertz CT molecular complexity index is 353. The van der Waals surface area contributed by atoms with Crippen LogP contribution in [0.3, 0.4) is 0 Å². The third-order valence-electron chi connectivity index (χ3n) is 2.71. The van der Waals surface area contributed by atoms with Crippen molar-refractivity contribution >= 4 is 6.09 Å². The molecule has 4 heteroatoms. The number of carbonyl (C=O) groups is 1. The van der Waals surface area contributed by atoms with Crippen LogP contribution in [0.25, 0.3) is 0 Å². The minimum absolute atomic E-state index is 0.339. The molecule has 86 valence electrons. The van der Waals surface area contributed by atoms with Gasteiger partial charge in [0.05, 0.1) is 0 Å². The Kier molecular flexibility index (Phi) is 3.29. The first kappa shape index (κ1) is 10.8. The zero-order valence-electron chi connectivity index (χ0n) is 9.00. The predicted octanol–water partition coefficient (Wildman–Crippen LogP) is 2.56. The standard InChI is InChI=1S/C12H15NO3/c14-12(15)13-9-5-4-8-11(13)16-10-6-2-1-3-7-10/h1-3,6-7,11H,4-5,8-9H2,(H,14,15). The van der Waals surface area contributed by atoms with Crippen LogP contribution in [-0.4, -0.2) is 28.9 Å². The summed E-state index contributed by atoms with van der Waals surface area (Å²) in [7, 11) is 0. The van der Waals surface area contributed by atoms with E-state index in [2.05, 4.69) is 0 Å². The minimum Gasteiger partial charge on any atom is -0.470 e. The number of ether oxygens (including phenoxy) is 1. The van der Waals surface area contributed by atoms with Crippen LogP contribution in [0.5, 0.6) is 5.75 Å². The lowest BCUT2D eigenvalue weighted by atomic mass is 10.1. The van der Waals surface area contributed by atoms with Crippen molar-refractivity contribution in [2.75, 3.05) is 6.54 Å².